The maximum Gasteiger partial charge on any atom is 0.247 e. The molecule has 0 saturated carbocycles. The molecule has 4 heteroatoms. The van der Waals surface area contributed by atoms with E-state index in [1.807, 2.05) is 38.1 Å². The van der Waals surface area contributed by atoms with E-state index < -0.39 is 6.04 Å². The van der Waals surface area contributed by atoms with Gasteiger partial charge in [-0.25, -0.2) is 0 Å². The normalized spacial score (nSPS) is 17.8. The van der Waals surface area contributed by atoms with Crippen LogP contribution in [0.5, 0.6) is 0 Å². The van der Waals surface area contributed by atoms with Gasteiger partial charge < -0.3 is 10.2 Å². The van der Waals surface area contributed by atoms with Gasteiger partial charge in [-0.15, -0.1) is 0 Å². The molecule has 0 saturated heterocycles. The zero-order valence-electron chi connectivity index (χ0n) is 12.2. The van der Waals surface area contributed by atoms with Gasteiger partial charge in [0.05, 0.1) is 6.42 Å². The van der Waals surface area contributed by atoms with Crippen molar-refractivity contribution < 1.29 is 9.59 Å². The van der Waals surface area contributed by atoms with Crippen LogP contribution in [0.1, 0.15) is 43.9 Å². The SMILES string of the molecule is CCCNC(=O)[C@@H]1c2ccccc2CC(=O)N1CCC. The first-order valence-corrected chi connectivity index (χ1v) is 7.34. The number of carbonyl (C=O) groups is 2. The van der Waals surface area contributed by atoms with Crippen LogP contribution in [0.2, 0.25) is 0 Å². The molecular formula is C16H22N2O2. The highest BCUT2D eigenvalue weighted by molar-refractivity contribution is 5.92. The summed E-state index contributed by atoms with van der Waals surface area (Å²) in [7, 11) is 0. The highest BCUT2D eigenvalue weighted by Gasteiger charge is 2.36. The summed E-state index contributed by atoms with van der Waals surface area (Å²) in [5.74, 6) is -0.0250. The van der Waals surface area contributed by atoms with Gasteiger partial charge in [0, 0.05) is 13.1 Å². The van der Waals surface area contributed by atoms with Crippen LogP contribution < -0.4 is 5.32 Å². The van der Waals surface area contributed by atoms with Gasteiger partial charge in [-0.1, -0.05) is 38.1 Å². The number of benzene rings is 1. The number of hydrogen-bond donors (Lipinski definition) is 1. The van der Waals surface area contributed by atoms with Crippen molar-refractivity contribution in [2.45, 2.75) is 39.2 Å². The van der Waals surface area contributed by atoms with E-state index >= 15 is 0 Å². The van der Waals surface area contributed by atoms with Gasteiger partial charge in [-0.05, 0) is 24.0 Å². The average Bonchev–Trinajstić information content (AvgIpc) is 2.45. The summed E-state index contributed by atoms with van der Waals surface area (Å²) in [6.45, 7) is 5.31. The molecule has 1 atom stereocenters. The number of carbonyl (C=O) groups excluding carboxylic acids is 2. The van der Waals surface area contributed by atoms with Gasteiger partial charge >= 0.3 is 0 Å². The smallest absolute Gasteiger partial charge is 0.247 e. The summed E-state index contributed by atoms with van der Waals surface area (Å²) in [5, 5.41) is 2.92. The zero-order chi connectivity index (χ0) is 14.5. The highest BCUT2D eigenvalue weighted by atomic mass is 16.2. The van der Waals surface area contributed by atoms with E-state index in [-0.39, 0.29) is 11.8 Å². The number of hydrogen-bond acceptors (Lipinski definition) is 2. The molecular weight excluding hydrogens is 252 g/mol. The molecule has 1 aliphatic rings. The number of nitrogens with one attached hydrogen (secondary N) is 1. The lowest BCUT2D eigenvalue weighted by Crippen LogP contribution is -2.47. The Hall–Kier alpha value is -1.84. The van der Waals surface area contributed by atoms with Gasteiger partial charge in [0.25, 0.3) is 0 Å². The summed E-state index contributed by atoms with van der Waals surface area (Å²) in [6.07, 6.45) is 2.14. The molecule has 1 aromatic carbocycles. The van der Waals surface area contributed by atoms with Crippen LogP contribution in [0, 0.1) is 0 Å². The molecule has 2 amide bonds. The first kappa shape index (κ1) is 14.6. The number of amides is 2. The minimum Gasteiger partial charge on any atom is -0.354 e. The first-order valence-electron chi connectivity index (χ1n) is 7.34. The lowest BCUT2D eigenvalue weighted by Gasteiger charge is -2.36. The molecule has 2 rings (SSSR count). The van der Waals surface area contributed by atoms with E-state index in [1.165, 1.54) is 0 Å². The molecule has 0 radical (unpaired) electrons. The summed E-state index contributed by atoms with van der Waals surface area (Å²) in [4.78, 5) is 26.4. The Morgan fingerprint density at radius 3 is 2.75 bits per heavy atom. The molecule has 0 bridgehead atoms. The lowest BCUT2D eigenvalue weighted by atomic mass is 9.91. The third-order valence-corrected chi connectivity index (χ3v) is 3.59. The zero-order valence-corrected chi connectivity index (χ0v) is 12.2. The van der Waals surface area contributed by atoms with Crippen LogP contribution in [-0.2, 0) is 16.0 Å². The Kier molecular flexibility index (Phi) is 4.77. The Morgan fingerprint density at radius 1 is 1.30 bits per heavy atom. The third-order valence-electron chi connectivity index (χ3n) is 3.59. The Morgan fingerprint density at radius 2 is 2.05 bits per heavy atom. The van der Waals surface area contributed by atoms with E-state index in [4.69, 9.17) is 0 Å². The Balaban J connectivity index is 2.35. The molecule has 1 aliphatic heterocycles. The van der Waals surface area contributed by atoms with Gasteiger partial charge in [0.15, 0.2) is 0 Å². The van der Waals surface area contributed by atoms with Gasteiger partial charge in [0.1, 0.15) is 6.04 Å². The fourth-order valence-corrected chi connectivity index (χ4v) is 2.66. The van der Waals surface area contributed by atoms with Crippen molar-refractivity contribution in [3.63, 3.8) is 0 Å². The fraction of sp³-hybridized carbons (Fsp3) is 0.500. The highest BCUT2D eigenvalue weighted by Crippen LogP contribution is 2.30. The Labute approximate surface area is 120 Å². The third kappa shape index (κ3) is 2.84. The molecule has 108 valence electrons. The number of fused-ring (bicyclic) bond motifs is 1. The first-order chi connectivity index (χ1) is 9.69. The van der Waals surface area contributed by atoms with Crippen LogP contribution in [0.25, 0.3) is 0 Å². The predicted molar refractivity (Wildman–Crippen MR) is 78.2 cm³/mol. The van der Waals surface area contributed by atoms with Crippen molar-refractivity contribution in [1.82, 2.24) is 10.2 Å². The van der Waals surface area contributed by atoms with Crippen LogP contribution in [0.15, 0.2) is 24.3 Å². The van der Waals surface area contributed by atoms with Crippen molar-refractivity contribution >= 4 is 11.8 Å². The van der Waals surface area contributed by atoms with E-state index in [2.05, 4.69) is 5.32 Å². The van der Waals surface area contributed by atoms with Gasteiger partial charge in [-0.3, -0.25) is 9.59 Å². The van der Waals surface area contributed by atoms with Gasteiger partial charge in [0.2, 0.25) is 11.8 Å². The maximum atomic E-state index is 12.4. The average molecular weight is 274 g/mol. The molecule has 1 heterocycles. The molecule has 0 spiro atoms. The largest absolute Gasteiger partial charge is 0.354 e. The van der Waals surface area contributed by atoms with E-state index in [0.717, 1.165) is 24.0 Å². The van der Waals surface area contributed by atoms with Crippen LogP contribution in [0.3, 0.4) is 0 Å². The summed E-state index contributed by atoms with van der Waals surface area (Å²) < 4.78 is 0. The molecule has 0 aromatic heterocycles. The second kappa shape index (κ2) is 6.55. The number of nitrogens with zero attached hydrogens (tertiary/aromatic N) is 1. The van der Waals surface area contributed by atoms with Crippen molar-refractivity contribution in [2.24, 2.45) is 0 Å². The Bertz CT molecular complexity index is 499. The van der Waals surface area contributed by atoms with Crippen molar-refractivity contribution in [1.29, 1.82) is 0 Å². The van der Waals surface area contributed by atoms with E-state index in [0.29, 0.717) is 19.5 Å². The predicted octanol–water partition coefficient (Wildman–Crippen LogP) is 2.05. The van der Waals surface area contributed by atoms with Crippen molar-refractivity contribution in [2.75, 3.05) is 13.1 Å². The lowest BCUT2D eigenvalue weighted by molar-refractivity contribution is -0.141. The summed E-state index contributed by atoms with van der Waals surface area (Å²) in [6, 6.07) is 7.28. The molecule has 20 heavy (non-hydrogen) atoms. The standard InChI is InChI=1S/C16H22N2O2/c1-3-9-17-16(20)15-13-8-6-5-7-12(13)11-14(19)18(15)10-4-2/h5-8,15H,3-4,9-11H2,1-2H3,(H,17,20)/t15-/m0/s1. The van der Waals surface area contributed by atoms with Crippen molar-refractivity contribution in [3.8, 4) is 0 Å². The fourth-order valence-electron chi connectivity index (χ4n) is 2.66. The summed E-state index contributed by atoms with van der Waals surface area (Å²) >= 11 is 0. The summed E-state index contributed by atoms with van der Waals surface area (Å²) in [5.41, 5.74) is 1.94. The van der Waals surface area contributed by atoms with Crippen LogP contribution >= 0.6 is 0 Å². The van der Waals surface area contributed by atoms with E-state index in [9.17, 15) is 9.59 Å². The second-order valence-corrected chi connectivity index (χ2v) is 5.16. The minimum atomic E-state index is -0.473. The van der Waals surface area contributed by atoms with Gasteiger partial charge in [-0.2, -0.15) is 0 Å². The topological polar surface area (TPSA) is 49.4 Å². The van der Waals surface area contributed by atoms with E-state index in [1.54, 1.807) is 4.90 Å². The second-order valence-electron chi connectivity index (χ2n) is 5.16. The molecule has 4 nitrogen and oxygen atoms in total. The molecule has 0 aliphatic carbocycles. The molecule has 0 unspecified atom stereocenters. The molecule has 0 fully saturated rings. The maximum absolute atomic E-state index is 12.4. The molecule has 1 aromatic rings. The molecule has 1 N–H and O–H groups in total. The van der Waals surface area contributed by atoms with Crippen molar-refractivity contribution in [3.05, 3.63) is 35.4 Å². The minimum absolute atomic E-state index is 0.0437. The van der Waals surface area contributed by atoms with Crippen LogP contribution in [-0.4, -0.2) is 29.8 Å². The quantitative estimate of drug-likeness (QED) is 0.893. The number of rotatable bonds is 5. The monoisotopic (exact) mass is 274 g/mol. The van der Waals surface area contributed by atoms with Crippen LogP contribution in [0.4, 0.5) is 0 Å².